The minimum absolute atomic E-state index is 0.587. The molecule has 38 valence electrons. The predicted octanol–water partition coefficient (Wildman–Crippen LogP) is 0.499. The van der Waals surface area contributed by atoms with Gasteiger partial charge in [-0.2, -0.15) is 12.6 Å². The Labute approximate surface area is 46.1 Å². The van der Waals surface area contributed by atoms with Crippen LogP contribution in [0, 0.1) is 0 Å². The van der Waals surface area contributed by atoms with Crippen molar-refractivity contribution in [3.63, 3.8) is 0 Å². The van der Waals surface area contributed by atoms with Gasteiger partial charge in [0.2, 0.25) is 0 Å². The number of rotatable bonds is 1. The maximum atomic E-state index is 4.40. The molecule has 1 rings (SSSR count). The van der Waals surface area contributed by atoms with E-state index >= 15 is 0 Å². The van der Waals surface area contributed by atoms with E-state index in [1.807, 2.05) is 0 Å². The van der Waals surface area contributed by atoms with Gasteiger partial charge in [-0.05, 0) is 0 Å². The first kappa shape index (κ1) is 4.64. The second-order valence-corrected chi connectivity index (χ2v) is 1.37. The van der Waals surface area contributed by atoms with E-state index in [0.717, 1.165) is 5.69 Å². The van der Waals surface area contributed by atoms with Crippen LogP contribution in [0.1, 0.15) is 5.69 Å². The van der Waals surface area contributed by atoms with E-state index < -0.39 is 0 Å². The Morgan fingerprint density at radius 2 is 2.71 bits per heavy atom. The molecule has 0 aliphatic rings. The van der Waals surface area contributed by atoms with Crippen molar-refractivity contribution < 1.29 is 4.52 Å². The normalized spacial score (nSPS) is 9.29. The Bertz CT molecular complexity index is 127. The van der Waals surface area contributed by atoms with Crippen LogP contribution in [0.3, 0.4) is 0 Å². The Morgan fingerprint density at radius 3 is 3.00 bits per heavy atom. The summed E-state index contributed by atoms with van der Waals surface area (Å²) in [5, 5.41) is 6.76. The zero-order valence-corrected chi connectivity index (χ0v) is 4.43. The molecule has 3 nitrogen and oxygen atoms in total. The fraction of sp³-hybridized carbons (Fsp3) is 0.333. The summed E-state index contributed by atoms with van der Waals surface area (Å²) < 4.78 is 4.40. The summed E-state index contributed by atoms with van der Waals surface area (Å²) in [7, 11) is 0. The first-order valence-corrected chi connectivity index (χ1v) is 2.43. The Balaban J connectivity index is 2.76. The highest BCUT2D eigenvalue weighted by atomic mass is 32.1. The summed E-state index contributed by atoms with van der Waals surface area (Å²) >= 11 is 3.91. The molecule has 0 N–H and O–H groups in total. The van der Waals surface area contributed by atoms with Crippen molar-refractivity contribution in [1.82, 2.24) is 10.4 Å². The van der Waals surface area contributed by atoms with Gasteiger partial charge >= 0.3 is 0 Å². The maximum absolute atomic E-state index is 4.40. The van der Waals surface area contributed by atoms with E-state index in [4.69, 9.17) is 0 Å². The molecule has 0 amide bonds. The van der Waals surface area contributed by atoms with Crippen LogP contribution in [0.25, 0.3) is 0 Å². The van der Waals surface area contributed by atoms with Crippen LogP contribution in [-0.2, 0) is 5.75 Å². The van der Waals surface area contributed by atoms with Gasteiger partial charge in [0, 0.05) is 11.0 Å². The van der Waals surface area contributed by atoms with Gasteiger partial charge in [-0.15, -0.1) is 5.10 Å². The van der Waals surface area contributed by atoms with E-state index in [2.05, 4.69) is 27.5 Å². The molecule has 1 heterocycles. The summed E-state index contributed by atoms with van der Waals surface area (Å²) in [4.78, 5) is 0. The van der Waals surface area contributed by atoms with Crippen molar-refractivity contribution in [2.24, 2.45) is 0 Å². The predicted molar refractivity (Wildman–Crippen MR) is 27.0 cm³/mol. The van der Waals surface area contributed by atoms with Crippen LogP contribution >= 0.6 is 12.6 Å². The van der Waals surface area contributed by atoms with Crippen molar-refractivity contribution in [2.45, 2.75) is 5.75 Å². The number of hydrogen-bond acceptors (Lipinski definition) is 4. The number of hydrogen-bond donors (Lipinski definition) is 1. The lowest BCUT2D eigenvalue weighted by molar-refractivity contribution is 0.393. The molecule has 0 saturated carbocycles. The quantitative estimate of drug-likeness (QED) is 0.543. The third-order valence-electron chi connectivity index (χ3n) is 0.567. The van der Waals surface area contributed by atoms with Gasteiger partial charge < -0.3 is 4.52 Å². The molecule has 4 heteroatoms. The minimum Gasteiger partial charge on any atom is -0.345 e. The monoisotopic (exact) mass is 116 g/mol. The minimum atomic E-state index is 0.587. The zero-order chi connectivity index (χ0) is 5.11. The molecule has 0 unspecified atom stereocenters. The number of thiol groups is 1. The highest BCUT2D eigenvalue weighted by molar-refractivity contribution is 7.79. The molecule has 1 aromatic rings. The topological polar surface area (TPSA) is 38.9 Å². The molecular weight excluding hydrogens is 112 g/mol. The summed E-state index contributed by atoms with van der Waals surface area (Å²) in [5.41, 5.74) is 0.767. The van der Waals surface area contributed by atoms with E-state index in [0.29, 0.717) is 5.75 Å². The van der Waals surface area contributed by atoms with Crippen LogP contribution in [0.2, 0.25) is 0 Å². The van der Waals surface area contributed by atoms with E-state index in [9.17, 15) is 0 Å². The van der Waals surface area contributed by atoms with Crippen molar-refractivity contribution in [1.29, 1.82) is 0 Å². The SMILES string of the molecule is SCc1conn1. The van der Waals surface area contributed by atoms with Crippen LogP contribution in [0.5, 0.6) is 0 Å². The largest absolute Gasteiger partial charge is 0.345 e. The molecule has 0 radical (unpaired) electrons. The second kappa shape index (κ2) is 1.97. The smallest absolute Gasteiger partial charge is 0.148 e. The molecule has 0 saturated heterocycles. The van der Waals surface area contributed by atoms with Gasteiger partial charge in [-0.25, -0.2) is 0 Å². The molecule has 0 aromatic carbocycles. The highest BCUT2D eigenvalue weighted by Crippen LogP contribution is 1.93. The van der Waals surface area contributed by atoms with Gasteiger partial charge in [0.15, 0.2) is 0 Å². The average molecular weight is 116 g/mol. The molecule has 0 aliphatic carbocycles. The van der Waals surface area contributed by atoms with E-state index in [-0.39, 0.29) is 0 Å². The van der Waals surface area contributed by atoms with Gasteiger partial charge in [0.25, 0.3) is 0 Å². The Hall–Kier alpha value is -0.510. The Kier molecular flexibility index (Phi) is 1.31. The molecule has 0 bridgehead atoms. The molecule has 0 atom stereocenters. The first-order chi connectivity index (χ1) is 3.43. The molecular formula is C3H4N2OS. The van der Waals surface area contributed by atoms with E-state index in [1.165, 1.54) is 6.26 Å². The van der Waals surface area contributed by atoms with Gasteiger partial charge in [0.05, 0.1) is 0 Å². The fourth-order valence-corrected chi connectivity index (χ4v) is 0.391. The van der Waals surface area contributed by atoms with Crippen molar-refractivity contribution >= 4 is 12.6 Å². The Morgan fingerprint density at radius 1 is 1.86 bits per heavy atom. The van der Waals surface area contributed by atoms with E-state index in [1.54, 1.807) is 0 Å². The summed E-state index contributed by atoms with van der Waals surface area (Å²) in [6.45, 7) is 0. The van der Waals surface area contributed by atoms with Crippen LogP contribution in [-0.4, -0.2) is 10.4 Å². The lowest BCUT2D eigenvalue weighted by Gasteiger charge is -1.71. The zero-order valence-electron chi connectivity index (χ0n) is 3.53. The lowest BCUT2D eigenvalue weighted by Crippen LogP contribution is -1.73. The number of aromatic nitrogens is 2. The molecule has 1 aromatic heterocycles. The number of nitrogens with zero attached hydrogens (tertiary/aromatic N) is 2. The van der Waals surface area contributed by atoms with Crippen molar-refractivity contribution in [2.75, 3.05) is 0 Å². The van der Waals surface area contributed by atoms with Crippen LogP contribution in [0.15, 0.2) is 10.8 Å². The molecule has 7 heavy (non-hydrogen) atoms. The molecule has 0 spiro atoms. The lowest BCUT2D eigenvalue weighted by atomic mass is 10.6. The summed E-state index contributed by atoms with van der Waals surface area (Å²) in [6.07, 6.45) is 1.47. The maximum Gasteiger partial charge on any atom is 0.148 e. The van der Waals surface area contributed by atoms with Crippen LogP contribution in [0.4, 0.5) is 0 Å². The highest BCUT2D eigenvalue weighted by Gasteiger charge is 1.88. The molecule has 0 fully saturated rings. The summed E-state index contributed by atoms with van der Waals surface area (Å²) in [6, 6.07) is 0. The molecule has 0 aliphatic heterocycles. The summed E-state index contributed by atoms with van der Waals surface area (Å²) in [5.74, 6) is 0.587. The van der Waals surface area contributed by atoms with Crippen molar-refractivity contribution in [3.05, 3.63) is 12.0 Å². The third kappa shape index (κ3) is 0.928. The first-order valence-electron chi connectivity index (χ1n) is 1.80. The van der Waals surface area contributed by atoms with Gasteiger partial charge in [-0.1, -0.05) is 0 Å². The van der Waals surface area contributed by atoms with Crippen LogP contribution < -0.4 is 0 Å². The second-order valence-electron chi connectivity index (χ2n) is 1.05. The van der Waals surface area contributed by atoms with Gasteiger partial charge in [0.1, 0.15) is 12.0 Å². The van der Waals surface area contributed by atoms with Gasteiger partial charge in [-0.3, -0.25) is 0 Å². The fourth-order valence-electron chi connectivity index (χ4n) is 0.253. The third-order valence-corrected chi connectivity index (χ3v) is 0.891. The average Bonchev–Trinajstić information content (AvgIpc) is 2.14. The van der Waals surface area contributed by atoms with Crippen molar-refractivity contribution in [3.8, 4) is 0 Å². The standard InChI is InChI=1S/C3H4N2OS/c7-2-3-1-6-5-4-3/h1,7H,2H2.